The summed E-state index contributed by atoms with van der Waals surface area (Å²) in [5, 5.41) is 10.6. The minimum atomic E-state index is -0.0552. The number of phenols is 1. The van der Waals surface area contributed by atoms with Crippen molar-refractivity contribution < 1.29 is 9.90 Å². The minimum Gasteiger partial charge on any atom is -0.507 e. The molecule has 1 aliphatic carbocycles. The van der Waals surface area contributed by atoms with Gasteiger partial charge in [0.15, 0.2) is 0 Å². The monoisotopic (exact) mass is 311 g/mol. The number of aryl methyl sites for hydroxylation is 1. The van der Waals surface area contributed by atoms with Crippen LogP contribution in [-0.4, -0.2) is 33.8 Å². The summed E-state index contributed by atoms with van der Waals surface area (Å²) in [7, 11) is 0. The van der Waals surface area contributed by atoms with E-state index in [2.05, 4.69) is 15.9 Å². The number of benzene rings is 1. The molecule has 1 aliphatic rings. The van der Waals surface area contributed by atoms with E-state index in [1.807, 2.05) is 17.9 Å². The van der Waals surface area contributed by atoms with Crippen molar-refractivity contribution in [2.75, 3.05) is 11.9 Å². The van der Waals surface area contributed by atoms with Crippen molar-refractivity contribution in [3.8, 4) is 5.75 Å². The molecule has 18 heavy (non-hydrogen) atoms. The van der Waals surface area contributed by atoms with Crippen LogP contribution >= 0.6 is 15.9 Å². The van der Waals surface area contributed by atoms with Crippen LogP contribution in [0.1, 0.15) is 35.2 Å². The Hall–Kier alpha value is -1.03. The van der Waals surface area contributed by atoms with E-state index in [9.17, 15) is 9.90 Å². The highest BCUT2D eigenvalue weighted by Crippen LogP contribution is 2.28. The third-order valence-electron chi connectivity index (χ3n) is 3.48. The average molecular weight is 312 g/mol. The number of carbonyl (C=O) groups excluding carboxylic acids is 1. The summed E-state index contributed by atoms with van der Waals surface area (Å²) in [5.74, 6) is 0.0184. The number of phenolic OH excluding ortho intramolecular Hbond substituents is 1. The Labute approximate surface area is 116 Å². The Bertz CT molecular complexity index is 443. The van der Waals surface area contributed by atoms with E-state index in [0.717, 1.165) is 23.7 Å². The molecule has 98 valence electrons. The van der Waals surface area contributed by atoms with Crippen molar-refractivity contribution in [1.29, 1.82) is 0 Å². The van der Waals surface area contributed by atoms with Gasteiger partial charge in [0.05, 0.1) is 5.56 Å². The topological polar surface area (TPSA) is 40.5 Å². The number of hydrogen-bond acceptors (Lipinski definition) is 2. The number of alkyl halides is 1. The van der Waals surface area contributed by atoms with Gasteiger partial charge in [-0.05, 0) is 38.3 Å². The van der Waals surface area contributed by atoms with Crippen molar-refractivity contribution in [3.63, 3.8) is 0 Å². The Kier molecular flexibility index (Phi) is 4.27. The van der Waals surface area contributed by atoms with Crippen LogP contribution in [0.5, 0.6) is 5.75 Å². The van der Waals surface area contributed by atoms with Gasteiger partial charge in [0.25, 0.3) is 5.91 Å². The zero-order chi connectivity index (χ0) is 13.1. The molecule has 0 aromatic heterocycles. The first-order valence-corrected chi connectivity index (χ1v) is 7.42. The first-order valence-electron chi connectivity index (χ1n) is 6.30. The average Bonchev–Trinajstić information content (AvgIpc) is 2.28. The molecule has 0 saturated heterocycles. The van der Waals surface area contributed by atoms with Gasteiger partial charge in [-0.15, -0.1) is 0 Å². The number of hydrogen-bond donors (Lipinski definition) is 1. The van der Waals surface area contributed by atoms with Crippen molar-refractivity contribution in [3.05, 3.63) is 29.3 Å². The maximum atomic E-state index is 12.5. The second kappa shape index (κ2) is 5.74. The van der Waals surface area contributed by atoms with Crippen LogP contribution in [0, 0.1) is 6.92 Å². The minimum absolute atomic E-state index is 0.0552. The highest BCUT2D eigenvalue weighted by atomic mass is 79.9. The van der Waals surface area contributed by atoms with Gasteiger partial charge in [0, 0.05) is 17.9 Å². The lowest BCUT2D eigenvalue weighted by atomic mass is 9.91. The van der Waals surface area contributed by atoms with Gasteiger partial charge >= 0.3 is 0 Å². The molecule has 1 saturated carbocycles. The first kappa shape index (κ1) is 13.4. The number of carbonyl (C=O) groups is 1. The number of nitrogens with zero attached hydrogens (tertiary/aromatic N) is 1. The van der Waals surface area contributed by atoms with E-state index >= 15 is 0 Å². The SMILES string of the molecule is Cc1ccc(O)c(C(=O)N(CCBr)C2CCC2)c1. The molecular weight excluding hydrogens is 294 g/mol. The molecule has 0 radical (unpaired) electrons. The third-order valence-corrected chi connectivity index (χ3v) is 3.84. The van der Waals surface area contributed by atoms with Crippen LogP contribution in [0.2, 0.25) is 0 Å². The van der Waals surface area contributed by atoms with Crippen molar-refractivity contribution in [2.45, 2.75) is 32.2 Å². The fraction of sp³-hybridized carbons (Fsp3) is 0.500. The molecule has 4 heteroatoms. The molecule has 2 rings (SSSR count). The second-order valence-electron chi connectivity index (χ2n) is 4.79. The first-order chi connectivity index (χ1) is 8.63. The Morgan fingerprint density at radius 3 is 2.78 bits per heavy atom. The lowest BCUT2D eigenvalue weighted by Gasteiger charge is -2.37. The van der Waals surface area contributed by atoms with Crippen molar-refractivity contribution in [2.24, 2.45) is 0 Å². The van der Waals surface area contributed by atoms with Crippen LogP contribution in [-0.2, 0) is 0 Å². The smallest absolute Gasteiger partial charge is 0.257 e. The second-order valence-corrected chi connectivity index (χ2v) is 5.59. The normalized spacial score (nSPS) is 15.2. The van der Waals surface area contributed by atoms with Crippen LogP contribution in [0.3, 0.4) is 0 Å². The summed E-state index contributed by atoms with van der Waals surface area (Å²) < 4.78 is 0. The maximum absolute atomic E-state index is 12.5. The number of aromatic hydroxyl groups is 1. The zero-order valence-electron chi connectivity index (χ0n) is 10.5. The zero-order valence-corrected chi connectivity index (χ0v) is 12.1. The molecule has 0 spiro atoms. The highest BCUT2D eigenvalue weighted by Gasteiger charge is 2.29. The summed E-state index contributed by atoms with van der Waals surface area (Å²) in [6.45, 7) is 2.62. The third kappa shape index (κ3) is 2.69. The molecule has 3 nitrogen and oxygen atoms in total. The summed E-state index contributed by atoms with van der Waals surface area (Å²) in [5.41, 5.74) is 1.41. The number of halogens is 1. The van der Waals surface area contributed by atoms with Gasteiger partial charge in [-0.1, -0.05) is 27.6 Å². The van der Waals surface area contributed by atoms with Crippen molar-refractivity contribution in [1.82, 2.24) is 4.90 Å². The van der Waals surface area contributed by atoms with Crippen LogP contribution in [0.15, 0.2) is 18.2 Å². The van der Waals surface area contributed by atoms with E-state index in [1.165, 1.54) is 6.42 Å². The van der Waals surface area contributed by atoms with Gasteiger partial charge in [0.1, 0.15) is 5.75 Å². The molecule has 0 heterocycles. The molecule has 0 atom stereocenters. The summed E-state index contributed by atoms with van der Waals surface area (Å²) in [6.07, 6.45) is 3.34. The molecule has 0 aliphatic heterocycles. The van der Waals surface area contributed by atoms with Crippen molar-refractivity contribution >= 4 is 21.8 Å². The molecule has 1 aromatic carbocycles. The molecule has 0 bridgehead atoms. The van der Waals surface area contributed by atoms with E-state index in [0.29, 0.717) is 18.2 Å². The quantitative estimate of drug-likeness (QED) is 0.868. The van der Waals surface area contributed by atoms with Crippen LogP contribution < -0.4 is 0 Å². The fourth-order valence-corrected chi connectivity index (χ4v) is 2.60. The maximum Gasteiger partial charge on any atom is 0.257 e. The largest absolute Gasteiger partial charge is 0.507 e. The molecule has 0 unspecified atom stereocenters. The van der Waals surface area contributed by atoms with Gasteiger partial charge in [-0.3, -0.25) is 4.79 Å². The highest BCUT2D eigenvalue weighted by molar-refractivity contribution is 9.09. The van der Waals surface area contributed by atoms with Crippen LogP contribution in [0.25, 0.3) is 0 Å². The summed E-state index contributed by atoms with van der Waals surface area (Å²) in [6, 6.07) is 5.51. The standard InChI is InChI=1S/C14H18BrNO2/c1-10-5-6-13(17)12(9-10)14(18)16(8-7-15)11-3-2-4-11/h5-6,9,11,17H,2-4,7-8H2,1H3. The van der Waals surface area contributed by atoms with Gasteiger partial charge in [-0.2, -0.15) is 0 Å². The molecule has 1 amide bonds. The predicted octanol–water partition coefficient (Wildman–Crippen LogP) is 3.09. The summed E-state index contributed by atoms with van der Waals surface area (Å²) in [4.78, 5) is 14.4. The molecule has 1 fully saturated rings. The van der Waals surface area contributed by atoms with E-state index in [-0.39, 0.29) is 11.7 Å². The summed E-state index contributed by atoms with van der Waals surface area (Å²) >= 11 is 3.39. The number of amides is 1. The van der Waals surface area contributed by atoms with Gasteiger partial charge < -0.3 is 10.0 Å². The Balaban J connectivity index is 2.23. The number of rotatable bonds is 4. The lowest BCUT2D eigenvalue weighted by Crippen LogP contribution is -2.45. The van der Waals surface area contributed by atoms with E-state index in [1.54, 1.807) is 12.1 Å². The Morgan fingerprint density at radius 1 is 1.50 bits per heavy atom. The fourth-order valence-electron chi connectivity index (χ4n) is 2.22. The van der Waals surface area contributed by atoms with Gasteiger partial charge in [0.2, 0.25) is 0 Å². The van der Waals surface area contributed by atoms with Gasteiger partial charge in [-0.25, -0.2) is 0 Å². The molecule has 1 N–H and O–H groups in total. The van der Waals surface area contributed by atoms with E-state index < -0.39 is 0 Å². The predicted molar refractivity (Wildman–Crippen MR) is 75.3 cm³/mol. The molecule has 1 aromatic rings. The lowest BCUT2D eigenvalue weighted by molar-refractivity contribution is 0.0596. The van der Waals surface area contributed by atoms with E-state index in [4.69, 9.17) is 0 Å². The Morgan fingerprint density at radius 2 is 2.22 bits per heavy atom. The van der Waals surface area contributed by atoms with Crippen LogP contribution in [0.4, 0.5) is 0 Å². The molecular formula is C14H18BrNO2.